The van der Waals surface area contributed by atoms with E-state index >= 15 is 0 Å². The first-order valence-electron chi connectivity index (χ1n) is 12.9. The number of nitrogens with one attached hydrogen (secondary N) is 1. The Balaban J connectivity index is 2.28. The van der Waals surface area contributed by atoms with Crippen LogP contribution < -0.4 is 14.4 Å². The Morgan fingerprint density at radius 3 is 2.42 bits per heavy atom. The van der Waals surface area contributed by atoms with E-state index in [0.717, 1.165) is 23.8 Å². The zero-order chi connectivity index (χ0) is 28.5. The maximum absolute atomic E-state index is 13.6. The predicted molar refractivity (Wildman–Crippen MR) is 153 cm³/mol. The van der Waals surface area contributed by atoms with Crippen LogP contribution in [0.2, 0.25) is 5.02 Å². The minimum Gasteiger partial charge on any atom is -0.497 e. The van der Waals surface area contributed by atoms with Gasteiger partial charge in [0, 0.05) is 30.6 Å². The Kier molecular flexibility index (Phi) is 11.9. The third-order valence-corrected chi connectivity index (χ3v) is 7.88. The SMILES string of the molecule is CCC(C)NC(=O)C(CC)N(Cc1cccc(OC)c1)C(=O)CCCN(c1cc(Cl)ccc1C)S(C)(=O)=O. The van der Waals surface area contributed by atoms with E-state index in [1.807, 2.05) is 52.0 Å². The van der Waals surface area contributed by atoms with E-state index in [2.05, 4.69) is 5.32 Å². The zero-order valence-corrected chi connectivity index (χ0v) is 24.7. The van der Waals surface area contributed by atoms with Crippen LogP contribution in [-0.2, 0) is 26.2 Å². The van der Waals surface area contributed by atoms with Gasteiger partial charge >= 0.3 is 0 Å². The Bertz CT molecular complexity index is 1200. The van der Waals surface area contributed by atoms with Crippen LogP contribution in [0.25, 0.3) is 0 Å². The van der Waals surface area contributed by atoms with E-state index in [-0.39, 0.29) is 43.8 Å². The topological polar surface area (TPSA) is 96.0 Å². The average Bonchev–Trinajstić information content (AvgIpc) is 2.87. The molecular weight excluding hydrogens is 526 g/mol. The van der Waals surface area contributed by atoms with Crippen LogP contribution >= 0.6 is 11.6 Å². The van der Waals surface area contributed by atoms with E-state index in [1.54, 1.807) is 30.2 Å². The van der Waals surface area contributed by atoms with Gasteiger partial charge in [-0.25, -0.2) is 8.42 Å². The highest BCUT2D eigenvalue weighted by Gasteiger charge is 2.29. The summed E-state index contributed by atoms with van der Waals surface area (Å²) < 4.78 is 31.8. The van der Waals surface area contributed by atoms with Crippen LogP contribution in [0.15, 0.2) is 42.5 Å². The number of sulfonamides is 1. The maximum Gasteiger partial charge on any atom is 0.243 e. The largest absolute Gasteiger partial charge is 0.497 e. The summed E-state index contributed by atoms with van der Waals surface area (Å²) >= 11 is 6.13. The molecule has 2 amide bonds. The van der Waals surface area contributed by atoms with Crippen LogP contribution in [0, 0.1) is 6.92 Å². The molecule has 2 rings (SSSR count). The number of nitrogens with zero attached hydrogens (tertiary/aromatic N) is 2. The van der Waals surface area contributed by atoms with E-state index in [0.29, 0.717) is 22.9 Å². The van der Waals surface area contributed by atoms with Gasteiger partial charge in [-0.1, -0.05) is 43.6 Å². The first-order chi connectivity index (χ1) is 17.9. The van der Waals surface area contributed by atoms with E-state index in [9.17, 15) is 18.0 Å². The summed E-state index contributed by atoms with van der Waals surface area (Å²) in [6, 6.07) is 11.8. The van der Waals surface area contributed by atoms with Crippen molar-refractivity contribution in [3.8, 4) is 5.75 Å². The minimum atomic E-state index is -3.61. The Morgan fingerprint density at radius 2 is 1.82 bits per heavy atom. The molecule has 0 aliphatic rings. The minimum absolute atomic E-state index is 0.0189. The number of carbonyl (C=O) groups excluding carboxylic acids is 2. The molecule has 0 aliphatic carbocycles. The molecule has 0 fully saturated rings. The van der Waals surface area contributed by atoms with Gasteiger partial charge in [0.15, 0.2) is 0 Å². The molecule has 0 saturated heterocycles. The highest BCUT2D eigenvalue weighted by atomic mass is 35.5. The number of hydrogen-bond donors (Lipinski definition) is 1. The molecule has 0 spiro atoms. The molecule has 2 unspecified atom stereocenters. The molecule has 8 nitrogen and oxygen atoms in total. The molecule has 38 heavy (non-hydrogen) atoms. The van der Waals surface area contributed by atoms with E-state index in [1.165, 1.54) is 4.31 Å². The number of ether oxygens (including phenoxy) is 1. The van der Waals surface area contributed by atoms with Crippen molar-refractivity contribution in [2.24, 2.45) is 0 Å². The smallest absolute Gasteiger partial charge is 0.243 e. The second kappa shape index (κ2) is 14.4. The first kappa shape index (κ1) is 31.4. The van der Waals surface area contributed by atoms with Crippen LogP contribution in [0.5, 0.6) is 5.75 Å². The normalized spacial score (nSPS) is 12.9. The first-order valence-corrected chi connectivity index (χ1v) is 15.1. The molecule has 0 aliphatic heterocycles. The molecule has 0 saturated carbocycles. The van der Waals surface area contributed by atoms with Crippen molar-refractivity contribution < 1.29 is 22.7 Å². The Labute approximate surface area is 232 Å². The van der Waals surface area contributed by atoms with Gasteiger partial charge < -0.3 is 15.0 Å². The lowest BCUT2D eigenvalue weighted by molar-refractivity contribution is -0.141. The Morgan fingerprint density at radius 1 is 1.11 bits per heavy atom. The number of rotatable bonds is 14. The average molecular weight is 566 g/mol. The van der Waals surface area contributed by atoms with Gasteiger partial charge in [-0.2, -0.15) is 0 Å². The van der Waals surface area contributed by atoms with Gasteiger partial charge in [0.25, 0.3) is 0 Å². The molecule has 2 atom stereocenters. The molecule has 1 N–H and O–H groups in total. The lowest BCUT2D eigenvalue weighted by Crippen LogP contribution is -2.50. The van der Waals surface area contributed by atoms with Gasteiger partial charge in [0.1, 0.15) is 11.8 Å². The number of halogens is 1. The second-order valence-electron chi connectivity index (χ2n) is 9.48. The predicted octanol–water partition coefficient (Wildman–Crippen LogP) is 4.93. The molecule has 0 aromatic heterocycles. The summed E-state index contributed by atoms with van der Waals surface area (Å²) in [5.74, 6) is 0.230. The molecule has 210 valence electrons. The molecule has 0 heterocycles. The highest BCUT2D eigenvalue weighted by molar-refractivity contribution is 7.92. The second-order valence-corrected chi connectivity index (χ2v) is 11.8. The van der Waals surface area contributed by atoms with Crippen molar-refractivity contribution in [1.82, 2.24) is 10.2 Å². The van der Waals surface area contributed by atoms with Crippen LogP contribution in [-0.4, -0.2) is 57.1 Å². The third kappa shape index (κ3) is 8.91. The number of anilines is 1. The van der Waals surface area contributed by atoms with E-state index in [4.69, 9.17) is 16.3 Å². The van der Waals surface area contributed by atoms with Crippen molar-refractivity contribution in [2.75, 3.05) is 24.2 Å². The van der Waals surface area contributed by atoms with Gasteiger partial charge in [-0.15, -0.1) is 0 Å². The van der Waals surface area contributed by atoms with Crippen molar-refractivity contribution in [3.63, 3.8) is 0 Å². The molecule has 0 bridgehead atoms. The van der Waals surface area contributed by atoms with Crippen molar-refractivity contribution in [3.05, 3.63) is 58.6 Å². The molecule has 10 heteroatoms. The summed E-state index contributed by atoms with van der Waals surface area (Å²) in [5.41, 5.74) is 2.08. The van der Waals surface area contributed by atoms with Crippen molar-refractivity contribution in [2.45, 2.75) is 72.0 Å². The fraction of sp³-hybridized carbons (Fsp3) is 0.500. The molecule has 0 radical (unpaired) electrons. The van der Waals surface area contributed by atoms with Gasteiger partial charge in [0.2, 0.25) is 21.8 Å². The van der Waals surface area contributed by atoms with Crippen molar-refractivity contribution in [1.29, 1.82) is 0 Å². The summed E-state index contributed by atoms with van der Waals surface area (Å²) in [6.45, 7) is 7.93. The molecular formula is C28H40ClN3O5S. The van der Waals surface area contributed by atoms with Gasteiger partial charge in [-0.05, 0) is 68.5 Å². The van der Waals surface area contributed by atoms with Gasteiger partial charge in [-0.3, -0.25) is 13.9 Å². The van der Waals surface area contributed by atoms with Crippen LogP contribution in [0.3, 0.4) is 0 Å². The Hall–Kier alpha value is -2.78. The molecule has 2 aromatic rings. The number of methoxy groups -OCH3 is 1. The quantitative estimate of drug-likeness (QED) is 0.350. The number of amides is 2. The summed E-state index contributed by atoms with van der Waals surface area (Å²) in [5, 5.41) is 3.42. The lowest BCUT2D eigenvalue weighted by Gasteiger charge is -2.32. The van der Waals surface area contributed by atoms with Crippen molar-refractivity contribution >= 4 is 39.1 Å². The van der Waals surface area contributed by atoms with Crippen LogP contribution in [0.1, 0.15) is 57.6 Å². The monoisotopic (exact) mass is 565 g/mol. The fourth-order valence-electron chi connectivity index (χ4n) is 4.16. The number of carbonyl (C=O) groups is 2. The van der Waals surface area contributed by atoms with Crippen LogP contribution in [0.4, 0.5) is 5.69 Å². The van der Waals surface area contributed by atoms with E-state index < -0.39 is 16.1 Å². The molecule has 2 aromatic carbocycles. The lowest BCUT2D eigenvalue weighted by atomic mass is 10.1. The zero-order valence-electron chi connectivity index (χ0n) is 23.2. The standard InChI is InChI=1S/C28H40ClN3O5S/c1-7-21(4)30-28(34)25(8-2)31(19-22-11-9-12-24(17-22)37-5)27(33)13-10-16-32(38(6,35)36)26-18-23(29)15-14-20(26)3/h9,11-12,14-15,17-18,21,25H,7-8,10,13,16,19H2,1-6H3,(H,30,34). The summed E-state index contributed by atoms with van der Waals surface area (Å²) in [7, 11) is -2.04. The highest BCUT2D eigenvalue weighted by Crippen LogP contribution is 2.27. The maximum atomic E-state index is 13.6. The third-order valence-electron chi connectivity index (χ3n) is 6.47. The number of benzene rings is 2. The fourth-order valence-corrected chi connectivity index (χ4v) is 5.34. The number of aryl methyl sites for hydroxylation is 1. The summed E-state index contributed by atoms with van der Waals surface area (Å²) in [6.07, 6.45) is 2.70. The van der Waals surface area contributed by atoms with Gasteiger partial charge in [0.05, 0.1) is 19.1 Å². The summed E-state index contributed by atoms with van der Waals surface area (Å²) in [4.78, 5) is 28.3. The number of hydrogen-bond acceptors (Lipinski definition) is 5.